The first-order valence-electron chi connectivity index (χ1n) is 21.6. The molecule has 0 aliphatic heterocycles. The van der Waals surface area contributed by atoms with Gasteiger partial charge in [0.25, 0.3) is 0 Å². The molecule has 0 bridgehead atoms. The Balaban J connectivity index is 0. The van der Waals surface area contributed by atoms with Gasteiger partial charge in [0.15, 0.2) is 0 Å². The summed E-state index contributed by atoms with van der Waals surface area (Å²) in [6.07, 6.45) is 18.2. The van der Waals surface area contributed by atoms with E-state index in [4.69, 9.17) is 18.9 Å². The number of carbonyl (C=O) groups excluding carboxylic acids is 1. The van der Waals surface area contributed by atoms with Crippen LogP contribution < -0.4 is 5.32 Å². The lowest BCUT2D eigenvalue weighted by Crippen LogP contribution is -2.37. The number of amides is 1. The smallest absolute Gasteiger partial charge is 0.220 e. The van der Waals surface area contributed by atoms with Crippen LogP contribution in [0.4, 0.5) is 0 Å². The second-order valence-corrected chi connectivity index (χ2v) is 19.1. The number of nitrogens with zero attached hydrogens (tertiary/aromatic N) is 1. The number of hydrogen-bond donors (Lipinski definition) is 1. The van der Waals surface area contributed by atoms with Crippen molar-refractivity contribution in [3.63, 3.8) is 0 Å². The molecular formula is C46H92N2O5. The Labute approximate surface area is 331 Å². The molecule has 0 aliphatic carbocycles. The Morgan fingerprint density at radius 1 is 0.472 bits per heavy atom. The molecule has 53 heavy (non-hydrogen) atoms. The van der Waals surface area contributed by atoms with Crippen molar-refractivity contribution in [1.29, 1.82) is 0 Å². The van der Waals surface area contributed by atoms with Crippen molar-refractivity contribution in [3.05, 3.63) is 24.3 Å². The van der Waals surface area contributed by atoms with Crippen molar-refractivity contribution in [2.24, 2.45) is 16.2 Å². The average molecular weight is 753 g/mol. The van der Waals surface area contributed by atoms with E-state index < -0.39 is 0 Å². The van der Waals surface area contributed by atoms with Crippen LogP contribution in [0.1, 0.15) is 173 Å². The molecule has 0 saturated heterocycles. The van der Waals surface area contributed by atoms with Gasteiger partial charge in [0, 0.05) is 60.6 Å². The third kappa shape index (κ3) is 41.7. The SMILES string of the molecule is C=C(CCOCCCCCOCCCCCN(CCCCCOCCCCCOCCC(=C)CC(C)(C)C)CCNC(=O)CC(C)(C)C)CC(C)(C)C.[HH]. The van der Waals surface area contributed by atoms with Crippen LogP contribution >= 0.6 is 0 Å². The van der Waals surface area contributed by atoms with Crippen LogP contribution in [0.15, 0.2) is 24.3 Å². The molecule has 0 aliphatic rings. The van der Waals surface area contributed by atoms with Crippen LogP contribution in [0, 0.1) is 16.2 Å². The van der Waals surface area contributed by atoms with Gasteiger partial charge in [0.05, 0.1) is 13.2 Å². The summed E-state index contributed by atoms with van der Waals surface area (Å²) in [7, 11) is 0. The van der Waals surface area contributed by atoms with E-state index in [9.17, 15) is 4.79 Å². The molecule has 0 heterocycles. The van der Waals surface area contributed by atoms with Gasteiger partial charge in [0.1, 0.15) is 0 Å². The number of ether oxygens (including phenoxy) is 4. The average Bonchev–Trinajstić information content (AvgIpc) is 3.02. The second-order valence-electron chi connectivity index (χ2n) is 19.1. The molecule has 316 valence electrons. The zero-order valence-electron chi connectivity index (χ0n) is 36.9. The molecule has 0 radical (unpaired) electrons. The summed E-state index contributed by atoms with van der Waals surface area (Å²) in [4.78, 5) is 14.9. The van der Waals surface area contributed by atoms with E-state index in [0.717, 1.165) is 156 Å². The minimum absolute atomic E-state index is 0. The monoisotopic (exact) mass is 753 g/mol. The summed E-state index contributed by atoms with van der Waals surface area (Å²) < 4.78 is 23.5. The summed E-state index contributed by atoms with van der Waals surface area (Å²) >= 11 is 0. The summed E-state index contributed by atoms with van der Waals surface area (Å²) in [5.74, 6) is 0.155. The van der Waals surface area contributed by atoms with Crippen LogP contribution in [0.5, 0.6) is 0 Å². The Hall–Kier alpha value is -1.25. The van der Waals surface area contributed by atoms with E-state index in [1.165, 1.54) is 36.8 Å². The maximum Gasteiger partial charge on any atom is 0.220 e. The zero-order valence-corrected chi connectivity index (χ0v) is 36.9. The van der Waals surface area contributed by atoms with Crippen LogP contribution in [-0.2, 0) is 23.7 Å². The summed E-state index contributed by atoms with van der Waals surface area (Å²) in [5, 5.41) is 3.15. The Bertz CT molecular complexity index is 850. The molecule has 0 fully saturated rings. The van der Waals surface area contributed by atoms with Gasteiger partial charge in [-0.2, -0.15) is 0 Å². The highest BCUT2D eigenvalue weighted by Crippen LogP contribution is 2.25. The van der Waals surface area contributed by atoms with E-state index in [1.807, 2.05) is 0 Å². The van der Waals surface area contributed by atoms with Gasteiger partial charge < -0.3 is 29.2 Å². The van der Waals surface area contributed by atoms with E-state index in [2.05, 4.69) is 85.7 Å². The second kappa shape index (κ2) is 31.9. The molecule has 0 spiro atoms. The fourth-order valence-electron chi connectivity index (χ4n) is 6.35. The number of nitrogens with one attached hydrogen (secondary N) is 1. The molecule has 0 aromatic carbocycles. The van der Waals surface area contributed by atoms with Crippen molar-refractivity contribution in [2.75, 3.05) is 79.0 Å². The maximum absolute atomic E-state index is 12.4. The standard InChI is InChI=1S/C46H90N2O5.H2/c1-41(38-44(3,4)5)24-36-52-34-22-14-20-32-50-30-18-12-16-27-48(29-26-47-43(49)40-46(9,10)11)28-17-13-19-31-51-33-21-15-23-35-53-37-25-42(2)39-45(6,7)8;/h1-2,12-40H2,3-11H3,(H,47,49);1H. The van der Waals surface area contributed by atoms with Crippen molar-refractivity contribution in [2.45, 2.75) is 171 Å². The van der Waals surface area contributed by atoms with E-state index in [-0.39, 0.29) is 12.7 Å². The minimum Gasteiger partial charge on any atom is -0.381 e. The third-order valence-corrected chi connectivity index (χ3v) is 8.88. The number of unbranched alkanes of at least 4 members (excludes halogenated alkanes) is 8. The quantitative estimate of drug-likeness (QED) is 0.0508. The predicted molar refractivity (Wildman–Crippen MR) is 230 cm³/mol. The van der Waals surface area contributed by atoms with Gasteiger partial charge in [-0.15, -0.1) is 0 Å². The molecule has 0 unspecified atom stereocenters. The molecule has 0 atom stereocenters. The normalized spacial score (nSPS) is 12.5. The highest BCUT2D eigenvalue weighted by molar-refractivity contribution is 5.76. The molecule has 0 aromatic heterocycles. The lowest BCUT2D eigenvalue weighted by Gasteiger charge is -2.23. The number of rotatable bonds is 36. The first-order chi connectivity index (χ1) is 25.0. The van der Waals surface area contributed by atoms with Crippen LogP contribution in [0.2, 0.25) is 0 Å². The van der Waals surface area contributed by atoms with Crippen LogP contribution in [0.3, 0.4) is 0 Å². The fourth-order valence-corrected chi connectivity index (χ4v) is 6.35. The molecule has 1 amide bonds. The number of hydrogen-bond acceptors (Lipinski definition) is 6. The van der Waals surface area contributed by atoms with E-state index in [1.54, 1.807) is 0 Å². The molecule has 0 aromatic rings. The highest BCUT2D eigenvalue weighted by Gasteiger charge is 2.16. The number of carbonyl (C=O) groups is 1. The molecule has 7 heteroatoms. The predicted octanol–water partition coefficient (Wildman–Crippen LogP) is 11.6. The molecule has 7 nitrogen and oxygen atoms in total. The van der Waals surface area contributed by atoms with Crippen molar-refractivity contribution in [3.8, 4) is 0 Å². The van der Waals surface area contributed by atoms with E-state index >= 15 is 0 Å². The van der Waals surface area contributed by atoms with Gasteiger partial charge in [-0.3, -0.25) is 4.79 Å². The Morgan fingerprint density at radius 2 is 0.792 bits per heavy atom. The van der Waals surface area contributed by atoms with Gasteiger partial charge >= 0.3 is 0 Å². The minimum atomic E-state index is 0. The third-order valence-electron chi connectivity index (χ3n) is 8.88. The Morgan fingerprint density at radius 3 is 1.13 bits per heavy atom. The first-order valence-corrected chi connectivity index (χ1v) is 21.6. The summed E-state index contributed by atoms with van der Waals surface area (Å²) in [5.41, 5.74) is 3.21. The largest absolute Gasteiger partial charge is 0.381 e. The zero-order chi connectivity index (χ0) is 39.9. The lowest BCUT2D eigenvalue weighted by molar-refractivity contribution is -0.122. The molecule has 0 saturated carbocycles. The van der Waals surface area contributed by atoms with Crippen molar-refractivity contribution >= 4 is 5.91 Å². The van der Waals surface area contributed by atoms with Crippen molar-refractivity contribution < 1.29 is 25.2 Å². The lowest BCUT2D eigenvalue weighted by atomic mass is 9.87. The van der Waals surface area contributed by atoms with Crippen LogP contribution in [-0.4, -0.2) is 89.8 Å². The molecular weight excluding hydrogens is 661 g/mol. The van der Waals surface area contributed by atoms with Gasteiger partial charge in [0.2, 0.25) is 5.91 Å². The summed E-state index contributed by atoms with van der Waals surface area (Å²) in [6.45, 7) is 38.7. The van der Waals surface area contributed by atoms with Crippen LogP contribution in [0.25, 0.3) is 0 Å². The van der Waals surface area contributed by atoms with Gasteiger partial charge in [-0.1, -0.05) is 86.6 Å². The maximum atomic E-state index is 12.4. The van der Waals surface area contributed by atoms with Gasteiger partial charge in [-0.05, 0) is 132 Å². The topological polar surface area (TPSA) is 69.3 Å². The fraction of sp³-hybridized carbons (Fsp3) is 0.891. The highest BCUT2D eigenvalue weighted by atomic mass is 16.5. The van der Waals surface area contributed by atoms with Crippen molar-refractivity contribution in [1.82, 2.24) is 10.2 Å². The Kier molecular flexibility index (Phi) is 31.1. The molecule has 1 N–H and O–H groups in total. The first kappa shape index (κ1) is 51.8. The van der Waals surface area contributed by atoms with E-state index in [0.29, 0.717) is 17.3 Å². The van der Waals surface area contributed by atoms with Gasteiger partial charge in [-0.25, -0.2) is 0 Å². The molecule has 0 rings (SSSR count). The summed E-state index contributed by atoms with van der Waals surface area (Å²) in [6, 6.07) is 0.